The molecule has 6 nitrogen and oxygen atoms in total. The van der Waals surface area contributed by atoms with Crippen molar-refractivity contribution in [3.63, 3.8) is 0 Å². The fourth-order valence-electron chi connectivity index (χ4n) is 2.42. The maximum atomic E-state index is 13.9. The van der Waals surface area contributed by atoms with E-state index in [1.165, 1.54) is 0 Å². The number of anilines is 1. The van der Waals surface area contributed by atoms with Gasteiger partial charge >= 0.3 is 0 Å². The molecule has 0 radical (unpaired) electrons. The van der Waals surface area contributed by atoms with Gasteiger partial charge in [0.15, 0.2) is 34.8 Å². The Labute approximate surface area is 149 Å². The third-order valence-electron chi connectivity index (χ3n) is 3.84. The van der Waals surface area contributed by atoms with E-state index in [9.17, 15) is 31.9 Å². The molecule has 1 aliphatic heterocycles. The van der Waals surface area contributed by atoms with E-state index in [0.717, 1.165) is 24.3 Å². The summed E-state index contributed by atoms with van der Waals surface area (Å²) in [6.45, 7) is 0. The van der Waals surface area contributed by atoms with Gasteiger partial charge in [-0.1, -0.05) is 0 Å². The second-order valence-electron chi connectivity index (χ2n) is 5.57. The average molecular weight is 382 g/mol. The summed E-state index contributed by atoms with van der Waals surface area (Å²) >= 11 is 0. The normalized spacial score (nSPS) is 14.0. The van der Waals surface area contributed by atoms with Crippen molar-refractivity contribution in [2.75, 3.05) is 5.73 Å². The molecule has 3 rings (SSSR count). The van der Waals surface area contributed by atoms with Crippen molar-refractivity contribution < 1.29 is 36.8 Å². The lowest BCUT2D eigenvalue weighted by molar-refractivity contribution is -0.164. The molecule has 0 saturated carbocycles. The van der Waals surface area contributed by atoms with E-state index in [1.807, 2.05) is 0 Å². The predicted molar refractivity (Wildman–Crippen MR) is 82.3 cm³/mol. The molecule has 1 fully saturated rings. The van der Waals surface area contributed by atoms with E-state index in [0.29, 0.717) is 5.06 Å². The number of nitrogens with two attached hydrogens (primary N) is 1. The van der Waals surface area contributed by atoms with Crippen LogP contribution < -0.4 is 10.6 Å². The topological polar surface area (TPSA) is 89.7 Å². The molecule has 27 heavy (non-hydrogen) atoms. The third kappa shape index (κ3) is 3.09. The zero-order valence-electron chi connectivity index (χ0n) is 13.4. The smallest absolute Gasteiger partial charge is 0.263 e. The number of hydrogen-bond donors (Lipinski definition) is 1. The molecule has 1 heterocycles. The number of hydroxylamine groups is 2. The summed E-state index contributed by atoms with van der Waals surface area (Å²) in [7, 11) is 0. The summed E-state index contributed by atoms with van der Waals surface area (Å²) in [5.41, 5.74) is 1.77. The van der Waals surface area contributed by atoms with Crippen LogP contribution in [0, 0.1) is 23.3 Å². The Bertz CT molecular complexity index is 931. The molecule has 2 aromatic rings. The van der Waals surface area contributed by atoms with Gasteiger partial charge in [-0.2, -0.15) is 0 Å². The molecular weight excluding hydrogens is 372 g/mol. The number of halogens is 4. The molecule has 0 spiro atoms. The molecule has 2 aromatic carbocycles. The van der Waals surface area contributed by atoms with Gasteiger partial charge in [0.2, 0.25) is 0 Å². The van der Waals surface area contributed by atoms with Crippen molar-refractivity contribution in [2.24, 2.45) is 0 Å². The van der Waals surface area contributed by atoms with Crippen LogP contribution in [0.25, 0.3) is 0 Å². The highest BCUT2D eigenvalue weighted by Crippen LogP contribution is 2.28. The first kappa shape index (κ1) is 18.4. The monoisotopic (exact) mass is 382 g/mol. The average Bonchev–Trinajstić information content (AvgIpc) is 2.97. The number of ketones is 1. The minimum atomic E-state index is -1.91. The molecular formula is C17H10F4N2O4. The molecule has 0 aliphatic carbocycles. The molecule has 2 N–H and O–H groups in total. The maximum Gasteiger partial charge on any atom is 0.263 e. The number of imide groups is 1. The van der Waals surface area contributed by atoms with Crippen LogP contribution >= 0.6 is 0 Å². The Kier molecular flexibility index (Phi) is 4.56. The second-order valence-corrected chi connectivity index (χ2v) is 5.57. The van der Waals surface area contributed by atoms with Gasteiger partial charge in [-0.3, -0.25) is 14.4 Å². The fourth-order valence-corrected chi connectivity index (χ4v) is 2.42. The third-order valence-corrected chi connectivity index (χ3v) is 3.84. The lowest BCUT2D eigenvalue weighted by Crippen LogP contribution is -2.32. The number of carbonyl (C=O) groups excluding carboxylic acids is 3. The van der Waals surface area contributed by atoms with Gasteiger partial charge in [-0.05, 0) is 24.3 Å². The predicted octanol–water partition coefficient (Wildman–Crippen LogP) is 2.50. The van der Waals surface area contributed by atoms with Gasteiger partial charge in [0.25, 0.3) is 11.8 Å². The molecule has 0 unspecified atom stereocenters. The highest BCUT2D eigenvalue weighted by Gasteiger charge is 2.32. The summed E-state index contributed by atoms with van der Waals surface area (Å²) < 4.78 is 54.8. The quantitative estimate of drug-likeness (QED) is 0.289. The van der Waals surface area contributed by atoms with Crippen molar-refractivity contribution >= 4 is 23.3 Å². The Morgan fingerprint density at radius 1 is 0.889 bits per heavy atom. The van der Waals surface area contributed by atoms with Crippen LogP contribution in [0.2, 0.25) is 0 Å². The minimum Gasteiger partial charge on any atom is -0.394 e. The number of hydrogen-bond acceptors (Lipinski definition) is 5. The SMILES string of the molecule is Nc1c(F)c(F)c(C(=O)c2ccc(ON3C(=O)CCC3=O)cc2)c(F)c1F. The van der Waals surface area contributed by atoms with Crippen LogP contribution in [0.3, 0.4) is 0 Å². The first-order chi connectivity index (χ1) is 12.7. The van der Waals surface area contributed by atoms with Crippen LogP contribution in [0.4, 0.5) is 23.2 Å². The van der Waals surface area contributed by atoms with E-state index in [4.69, 9.17) is 10.6 Å². The summed E-state index contributed by atoms with van der Waals surface area (Å²) in [4.78, 5) is 40.3. The highest BCUT2D eigenvalue weighted by molar-refractivity contribution is 6.09. The molecule has 1 aliphatic rings. The summed E-state index contributed by atoms with van der Waals surface area (Å²) in [5.74, 6) is -10.00. The van der Waals surface area contributed by atoms with E-state index in [-0.39, 0.29) is 24.2 Å². The largest absolute Gasteiger partial charge is 0.394 e. The standard InChI is InChI=1S/C17H10F4N2O4/c18-12-11(13(19)15(21)16(22)14(12)20)17(26)7-1-3-8(4-2-7)27-23-9(24)5-6-10(23)25/h1-4H,5-6,22H2. The van der Waals surface area contributed by atoms with Gasteiger partial charge in [0.05, 0.1) is 0 Å². The van der Waals surface area contributed by atoms with E-state index >= 15 is 0 Å². The van der Waals surface area contributed by atoms with Crippen molar-refractivity contribution in [3.8, 4) is 5.75 Å². The van der Waals surface area contributed by atoms with Gasteiger partial charge < -0.3 is 10.6 Å². The molecule has 0 atom stereocenters. The Balaban J connectivity index is 1.89. The molecule has 2 amide bonds. The fraction of sp³-hybridized carbons (Fsp3) is 0.118. The van der Waals surface area contributed by atoms with E-state index in [2.05, 4.69) is 0 Å². The Hall–Kier alpha value is -3.43. The number of benzene rings is 2. The number of rotatable bonds is 4. The van der Waals surface area contributed by atoms with E-state index in [1.54, 1.807) is 0 Å². The molecule has 0 bridgehead atoms. The Morgan fingerprint density at radius 2 is 1.37 bits per heavy atom. The van der Waals surface area contributed by atoms with Crippen LogP contribution in [0.1, 0.15) is 28.8 Å². The molecule has 0 aromatic heterocycles. The number of carbonyl (C=O) groups is 3. The lowest BCUT2D eigenvalue weighted by Gasteiger charge is -2.14. The van der Waals surface area contributed by atoms with Crippen molar-refractivity contribution in [2.45, 2.75) is 12.8 Å². The summed E-state index contributed by atoms with van der Waals surface area (Å²) in [6, 6.07) is 4.39. The Morgan fingerprint density at radius 3 is 1.85 bits per heavy atom. The van der Waals surface area contributed by atoms with Crippen LogP contribution in [-0.4, -0.2) is 22.7 Å². The van der Waals surface area contributed by atoms with Crippen LogP contribution in [0.15, 0.2) is 24.3 Å². The molecule has 140 valence electrons. The van der Waals surface area contributed by atoms with Gasteiger partial charge in [0.1, 0.15) is 11.3 Å². The molecule has 1 saturated heterocycles. The first-order valence-corrected chi connectivity index (χ1v) is 7.52. The summed E-state index contributed by atoms with van der Waals surface area (Å²) in [5, 5.41) is 0.556. The minimum absolute atomic E-state index is 0.00221. The number of nitrogen functional groups attached to an aromatic ring is 1. The van der Waals surface area contributed by atoms with E-state index < -0.39 is 52.1 Å². The van der Waals surface area contributed by atoms with Gasteiger partial charge in [-0.15, -0.1) is 5.06 Å². The zero-order chi connectivity index (χ0) is 19.9. The maximum absolute atomic E-state index is 13.9. The number of nitrogens with zero attached hydrogens (tertiary/aromatic N) is 1. The van der Waals surface area contributed by atoms with Crippen LogP contribution in [-0.2, 0) is 9.59 Å². The second kappa shape index (κ2) is 6.71. The lowest BCUT2D eigenvalue weighted by atomic mass is 10.0. The van der Waals surface area contributed by atoms with Crippen LogP contribution in [0.5, 0.6) is 5.75 Å². The van der Waals surface area contributed by atoms with Gasteiger partial charge in [0, 0.05) is 18.4 Å². The highest BCUT2D eigenvalue weighted by atomic mass is 19.2. The first-order valence-electron chi connectivity index (χ1n) is 7.52. The van der Waals surface area contributed by atoms with Crippen molar-refractivity contribution in [1.82, 2.24) is 5.06 Å². The number of amides is 2. The van der Waals surface area contributed by atoms with Crippen molar-refractivity contribution in [3.05, 3.63) is 58.7 Å². The van der Waals surface area contributed by atoms with Gasteiger partial charge in [-0.25, -0.2) is 17.6 Å². The van der Waals surface area contributed by atoms with Crippen molar-refractivity contribution in [1.29, 1.82) is 0 Å². The molecule has 10 heteroatoms. The zero-order valence-corrected chi connectivity index (χ0v) is 13.4. The summed E-state index contributed by atoms with van der Waals surface area (Å²) in [6.07, 6.45) is 0.00441.